The largest absolute Gasteiger partial charge is 0.394 e. The van der Waals surface area contributed by atoms with Gasteiger partial charge < -0.3 is 19.8 Å². The van der Waals surface area contributed by atoms with E-state index in [-0.39, 0.29) is 30.4 Å². The molecule has 4 heterocycles. The highest BCUT2D eigenvalue weighted by Crippen LogP contribution is 2.66. The van der Waals surface area contributed by atoms with Gasteiger partial charge in [-0.2, -0.15) is 0 Å². The summed E-state index contributed by atoms with van der Waals surface area (Å²) >= 11 is 1.60. The molecule has 3 amide bonds. The number of aliphatic hydroxyl groups excluding tert-OH is 1. The molecule has 3 fully saturated rings. The zero-order chi connectivity index (χ0) is 26.7. The van der Waals surface area contributed by atoms with Gasteiger partial charge in [0.2, 0.25) is 17.7 Å². The zero-order valence-electron chi connectivity index (χ0n) is 22.2. The first kappa shape index (κ1) is 25.7. The molecule has 1 N–H and O–H groups in total. The van der Waals surface area contributed by atoms with Gasteiger partial charge in [-0.25, -0.2) is 0 Å². The van der Waals surface area contributed by atoms with Crippen LogP contribution in [0.15, 0.2) is 54.6 Å². The third kappa shape index (κ3) is 3.70. The summed E-state index contributed by atoms with van der Waals surface area (Å²) in [6, 6.07) is 8.16. The van der Waals surface area contributed by atoms with Crippen molar-refractivity contribution in [3.05, 3.63) is 60.2 Å². The second-order valence-corrected chi connectivity index (χ2v) is 13.4. The van der Waals surface area contributed by atoms with Gasteiger partial charge in [0.1, 0.15) is 6.04 Å². The summed E-state index contributed by atoms with van der Waals surface area (Å²) in [6.45, 7) is 2.76. The number of hydrogen-bond acceptors (Lipinski definition) is 5. The Kier molecular flexibility index (Phi) is 6.46. The molecule has 5 aliphatic rings. The zero-order valence-corrected chi connectivity index (χ0v) is 23.0. The van der Waals surface area contributed by atoms with Crippen LogP contribution in [0.3, 0.4) is 0 Å². The van der Waals surface area contributed by atoms with E-state index in [2.05, 4.69) is 18.2 Å². The Bertz CT molecular complexity index is 1180. The lowest BCUT2D eigenvalue weighted by atomic mass is 9.74. The van der Waals surface area contributed by atoms with Crippen LogP contribution in [0.1, 0.15) is 50.6 Å². The number of nitrogens with zero attached hydrogens (tertiary/aromatic N) is 3. The highest BCUT2D eigenvalue weighted by molar-refractivity contribution is 8.02. The van der Waals surface area contributed by atoms with Gasteiger partial charge in [-0.15, -0.1) is 11.8 Å². The molecule has 1 aromatic rings. The monoisotopic (exact) mass is 535 g/mol. The molecule has 0 bridgehead atoms. The summed E-state index contributed by atoms with van der Waals surface area (Å²) in [5.74, 6) is -1.60. The van der Waals surface area contributed by atoms with E-state index in [1.165, 1.54) is 6.42 Å². The number of carbonyl (C=O) groups excluding carboxylic acids is 3. The summed E-state index contributed by atoms with van der Waals surface area (Å²) in [5, 5.41) is 10.7. The highest BCUT2D eigenvalue weighted by atomic mass is 32.2. The van der Waals surface area contributed by atoms with E-state index in [1.807, 2.05) is 48.2 Å². The van der Waals surface area contributed by atoms with Gasteiger partial charge in [0.05, 0.1) is 29.2 Å². The first-order valence-corrected chi connectivity index (χ1v) is 14.7. The molecule has 6 atom stereocenters. The normalized spacial score (nSPS) is 36.1. The van der Waals surface area contributed by atoms with Crippen molar-refractivity contribution in [3.8, 4) is 0 Å². The number of carbonyl (C=O) groups is 3. The Morgan fingerprint density at radius 2 is 1.66 bits per heavy atom. The van der Waals surface area contributed by atoms with Crippen molar-refractivity contribution in [2.75, 3.05) is 26.7 Å². The Balaban J connectivity index is 1.51. The van der Waals surface area contributed by atoms with Gasteiger partial charge in [-0.05, 0) is 25.3 Å². The van der Waals surface area contributed by atoms with E-state index in [0.717, 1.165) is 31.2 Å². The molecule has 1 spiro atoms. The fourth-order valence-corrected chi connectivity index (χ4v) is 9.83. The van der Waals surface area contributed by atoms with E-state index in [1.54, 1.807) is 28.6 Å². The quantitative estimate of drug-likeness (QED) is 0.599. The van der Waals surface area contributed by atoms with Crippen molar-refractivity contribution in [2.24, 2.45) is 11.8 Å². The Labute approximate surface area is 228 Å². The lowest BCUT2D eigenvalue weighted by molar-refractivity contribution is -0.148. The molecule has 1 aliphatic carbocycles. The first-order valence-electron chi connectivity index (χ1n) is 13.9. The summed E-state index contributed by atoms with van der Waals surface area (Å²) < 4.78 is -1.50. The van der Waals surface area contributed by atoms with Crippen LogP contribution in [0.5, 0.6) is 0 Å². The van der Waals surface area contributed by atoms with E-state index >= 15 is 0 Å². The fourth-order valence-electron chi connectivity index (χ4n) is 7.69. The van der Waals surface area contributed by atoms with Gasteiger partial charge in [0.15, 0.2) is 0 Å². The first-order chi connectivity index (χ1) is 18.3. The molecule has 202 valence electrons. The van der Waals surface area contributed by atoms with Crippen LogP contribution in [-0.2, 0) is 14.4 Å². The smallest absolute Gasteiger partial charge is 0.247 e. The average molecular weight is 536 g/mol. The maximum absolute atomic E-state index is 14.7. The van der Waals surface area contributed by atoms with Crippen LogP contribution in [0.25, 0.3) is 0 Å². The molecular weight excluding hydrogens is 498 g/mol. The topological polar surface area (TPSA) is 81.2 Å². The second kappa shape index (κ2) is 9.56. The Morgan fingerprint density at radius 3 is 2.37 bits per heavy atom. The Morgan fingerprint density at radius 1 is 0.947 bits per heavy atom. The van der Waals surface area contributed by atoms with Gasteiger partial charge in [-0.3, -0.25) is 14.4 Å². The number of benzene rings is 1. The number of likely N-dealkylation sites (tertiary alicyclic amines) is 1. The third-order valence-corrected chi connectivity index (χ3v) is 11.2. The number of hydrogen-bond donors (Lipinski definition) is 1. The minimum Gasteiger partial charge on any atom is -0.394 e. The molecule has 1 unspecified atom stereocenters. The number of likely N-dealkylation sites (N-methyl/N-ethyl adjacent to an activating group) is 1. The van der Waals surface area contributed by atoms with Crippen molar-refractivity contribution < 1.29 is 19.5 Å². The van der Waals surface area contributed by atoms with Gasteiger partial charge in [-0.1, -0.05) is 73.9 Å². The maximum Gasteiger partial charge on any atom is 0.247 e. The van der Waals surface area contributed by atoms with E-state index < -0.39 is 33.4 Å². The predicted molar refractivity (Wildman–Crippen MR) is 147 cm³/mol. The maximum atomic E-state index is 14.7. The van der Waals surface area contributed by atoms with Gasteiger partial charge in [0.25, 0.3) is 0 Å². The second-order valence-electron chi connectivity index (χ2n) is 11.7. The molecule has 1 saturated carbocycles. The summed E-state index contributed by atoms with van der Waals surface area (Å²) in [7, 11) is 1.78. The number of amides is 3. The van der Waals surface area contributed by atoms with E-state index in [9.17, 15) is 19.5 Å². The molecular formula is C30H37N3O4S. The highest BCUT2D eigenvalue weighted by Gasteiger charge is 2.74. The molecule has 2 saturated heterocycles. The molecule has 0 radical (unpaired) electrons. The molecule has 1 aromatic carbocycles. The summed E-state index contributed by atoms with van der Waals surface area (Å²) in [6.07, 6.45) is 13.6. The van der Waals surface area contributed by atoms with Crippen LogP contribution in [0, 0.1) is 11.8 Å². The minimum absolute atomic E-state index is 0.0514. The number of rotatable bonds is 4. The van der Waals surface area contributed by atoms with Crippen LogP contribution in [-0.4, -0.2) is 85.8 Å². The average Bonchev–Trinajstić information content (AvgIpc) is 3.20. The van der Waals surface area contributed by atoms with Crippen molar-refractivity contribution in [2.45, 2.75) is 66.6 Å². The number of fused-ring (bicyclic) bond motifs is 2. The lowest BCUT2D eigenvalue weighted by Crippen LogP contribution is -2.56. The fraction of sp³-hybridized carbons (Fsp3) is 0.567. The van der Waals surface area contributed by atoms with Crippen LogP contribution < -0.4 is 0 Å². The SMILES string of the molecule is CN1CC=C[C@]2(C)S[C@]34C=CCN(C5CCCCC5)C(=O)C3N([C@H](CO)c3ccccc3)C(=O)[C@@H]4[C@@H]2C1=O. The van der Waals surface area contributed by atoms with Crippen LogP contribution >= 0.6 is 11.8 Å². The van der Waals surface area contributed by atoms with Crippen LogP contribution in [0.4, 0.5) is 0 Å². The van der Waals surface area contributed by atoms with Gasteiger partial charge in [0, 0.05) is 30.9 Å². The third-order valence-electron chi connectivity index (χ3n) is 9.44. The van der Waals surface area contributed by atoms with Crippen molar-refractivity contribution in [3.63, 3.8) is 0 Å². The van der Waals surface area contributed by atoms with Crippen molar-refractivity contribution in [1.82, 2.24) is 14.7 Å². The Hall–Kier alpha value is -2.58. The van der Waals surface area contributed by atoms with E-state index in [0.29, 0.717) is 13.1 Å². The number of thioether (sulfide) groups is 1. The van der Waals surface area contributed by atoms with Crippen LogP contribution in [0.2, 0.25) is 0 Å². The minimum atomic E-state index is -0.891. The molecule has 7 nitrogen and oxygen atoms in total. The van der Waals surface area contributed by atoms with Crippen molar-refractivity contribution in [1.29, 1.82) is 0 Å². The molecule has 38 heavy (non-hydrogen) atoms. The van der Waals surface area contributed by atoms with E-state index in [4.69, 9.17) is 0 Å². The number of aliphatic hydroxyl groups is 1. The molecule has 4 aliphatic heterocycles. The predicted octanol–water partition coefficient (Wildman–Crippen LogP) is 3.17. The standard InChI is InChI=1S/C30H37N3O4S/c1-29-15-9-17-31(2)26(35)23(29)24-27(36)33(22(19-34)20-11-5-3-6-12-20)25-28(37)32(21-13-7-4-8-14-21)18-10-16-30(24,25)38-29/h3,5-6,9-12,15-16,21-25,34H,4,7-8,13-14,17-19H2,1-2H3/t22-,23-,24+,25?,29+,30+/m1/s1. The van der Waals surface area contributed by atoms with Crippen molar-refractivity contribution >= 4 is 29.5 Å². The molecule has 6 rings (SSSR count). The molecule has 0 aromatic heterocycles. The molecule has 8 heteroatoms. The lowest BCUT2D eigenvalue weighted by Gasteiger charge is -2.42. The van der Waals surface area contributed by atoms with Gasteiger partial charge >= 0.3 is 0 Å². The summed E-state index contributed by atoms with van der Waals surface area (Å²) in [4.78, 5) is 48.5. The summed E-state index contributed by atoms with van der Waals surface area (Å²) in [5.41, 5.74) is 0.792.